The van der Waals surface area contributed by atoms with Gasteiger partial charge in [0.15, 0.2) is 0 Å². The van der Waals surface area contributed by atoms with E-state index in [1.54, 1.807) is 0 Å². The highest BCUT2D eigenvalue weighted by molar-refractivity contribution is 6.00. The van der Waals surface area contributed by atoms with Crippen molar-refractivity contribution in [3.05, 3.63) is 24.3 Å². The summed E-state index contributed by atoms with van der Waals surface area (Å²) in [6.07, 6.45) is 1.69. The van der Waals surface area contributed by atoms with Gasteiger partial charge >= 0.3 is 0 Å². The van der Waals surface area contributed by atoms with E-state index in [0.29, 0.717) is 0 Å². The fourth-order valence-corrected chi connectivity index (χ4v) is 1.51. The Bertz CT molecular complexity index is 408. The van der Waals surface area contributed by atoms with Gasteiger partial charge in [0.1, 0.15) is 5.75 Å². The number of ether oxygens (including phenoxy) is 1. The van der Waals surface area contributed by atoms with Gasteiger partial charge in [-0.15, -0.1) is 0 Å². The van der Waals surface area contributed by atoms with Crippen LogP contribution >= 0.6 is 0 Å². The SMILES string of the molecule is CC(C)Oc1ccc(NC(=O)C2(N)CC2)cc1. The summed E-state index contributed by atoms with van der Waals surface area (Å²) in [6, 6.07) is 7.32. The fourth-order valence-electron chi connectivity index (χ4n) is 1.51. The molecule has 0 bridgehead atoms. The zero-order valence-electron chi connectivity index (χ0n) is 10.2. The van der Waals surface area contributed by atoms with Crippen LogP contribution in [0.2, 0.25) is 0 Å². The van der Waals surface area contributed by atoms with Crippen LogP contribution in [-0.4, -0.2) is 17.6 Å². The van der Waals surface area contributed by atoms with E-state index in [4.69, 9.17) is 10.5 Å². The van der Waals surface area contributed by atoms with E-state index in [2.05, 4.69) is 5.32 Å². The molecular formula is C13H18N2O2. The van der Waals surface area contributed by atoms with Gasteiger partial charge in [-0.3, -0.25) is 4.79 Å². The Kier molecular flexibility index (Phi) is 3.07. The molecule has 1 aliphatic rings. The maximum atomic E-state index is 11.7. The van der Waals surface area contributed by atoms with Crippen molar-refractivity contribution in [2.24, 2.45) is 5.73 Å². The van der Waals surface area contributed by atoms with Crippen LogP contribution in [0.1, 0.15) is 26.7 Å². The molecule has 0 aromatic heterocycles. The van der Waals surface area contributed by atoms with Crippen LogP contribution in [-0.2, 0) is 4.79 Å². The molecule has 4 nitrogen and oxygen atoms in total. The van der Waals surface area contributed by atoms with E-state index >= 15 is 0 Å². The first-order valence-corrected chi connectivity index (χ1v) is 5.87. The summed E-state index contributed by atoms with van der Waals surface area (Å²) in [4.78, 5) is 11.7. The molecule has 0 heterocycles. The van der Waals surface area contributed by atoms with Gasteiger partial charge in [0, 0.05) is 5.69 Å². The number of rotatable bonds is 4. The molecule has 1 aromatic rings. The van der Waals surface area contributed by atoms with Crippen molar-refractivity contribution in [3.8, 4) is 5.75 Å². The molecule has 1 fully saturated rings. The molecule has 3 N–H and O–H groups in total. The smallest absolute Gasteiger partial charge is 0.244 e. The van der Waals surface area contributed by atoms with Crippen LogP contribution in [0.15, 0.2) is 24.3 Å². The number of hydrogen-bond acceptors (Lipinski definition) is 3. The van der Waals surface area contributed by atoms with Crippen LogP contribution in [0.25, 0.3) is 0 Å². The molecule has 4 heteroatoms. The lowest BCUT2D eigenvalue weighted by Gasteiger charge is -2.12. The maximum absolute atomic E-state index is 11.7. The van der Waals surface area contributed by atoms with Crippen molar-refractivity contribution in [2.75, 3.05) is 5.32 Å². The zero-order valence-corrected chi connectivity index (χ0v) is 10.2. The molecule has 0 aliphatic heterocycles. The van der Waals surface area contributed by atoms with Gasteiger partial charge < -0.3 is 15.8 Å². The predicted octanol–water partition coefficient (Wildman–Crippen LogP) is 1.90. The average Bonchev–Trinajstić information content (AvgIpc) is 3.00. The lowest BCUT2D eigenvalue weighted by atomic mass is 10.2. The van der Waals surface area contributed by atoms with Gasteiger partial charge in [0.25, 0.3) is 0 Å². The van der Waals surface area contributed by atoms with Crippen LogP contribution in [0.3, 0.4) is 0 Å². The van der Waals surface area contributed by atoms with E-state index in [-0.39, 0.29) is 12.0 Å². The Labute approximate surface area is 101 Å². The molecule has 1 aromatic carbocycles. The number of carbonyl (C=O) groups excluding carboxylic acids is 1. The zero-order chi connectivity index (χ0) is 12.5. The van der Waals surface area contributed by atoms with Crippen molar-refractivity contribution in [2.45, 2.75) is 38.3 Å². The highest BCUT2D eigenvalue weighted by Gasteiger charge is 2.45. The number of benzene rings is 1. The number of anilines is 1. The van der Waals surface area contributed by atoms with Crippen LogP contribution < -0.4 is 15.8 Å². The molecule has 1 aliphatic carbocycles. The van der Waals surface area contributed by atoms with Crippen LogP contribution in [0, 0.1) is 0 Å². The molecule has 0 atom stereocenters. The summed E-state index contributed by atoms with van der Waals surface area (Å²) in [5.74, 6) is 0.696. The number of nitrogens with two attached hydrogens (primary N) is 1. The second-order valence-electron chi connectivity index (χ2n) is 4.80. The first-order chi connectivity index (χ1) is 7.99. The highest BCUT2D eigenvalue weighted by atomic mass is 16.5. The first-order valence-electron chi connectivity index (χ1n) is 5.87. The normalized spacial score (nSPS) is 16.7. The van der Waals surface area contributed by atoms with Crippen molar-refractivity contribution >= 4 is 11.6 Å². The van der Waals surface area contributed by atoms with Crippen molar-refractivity contribution in [1.82, 2.24) is 0 Å². The highest BCUT2D eigenvalue weighted by Crippen LogP contribution is 2.33. The van der Waals surface area contributed by atoms with Gasteiger partial charge in [0.2, 0.25) is 5.91 Å². The van der Waals surface area contributed by atoms with Crippen molar-refractivity contribution in [1.29, 1.82) is 0 Å². The molecule has 1 saturated carbocycles. The minimum atomic E-state index is -0.632. The van der Waals surface area contributed by atoms with Gasteiger partial charge in [-0.25, -0.2) is 0 Å². The molecular weight excluding hydrogens is 216 g/mol. The van der Waals surface area contributed by atoms with Gasteiger partial charge in [0.05, 0.1) is 11.6 Å². The molecule has 0 unspecified atom stereocenters. The molecule has 1 amide bonds. The summed E-state index contributed by atoms with van der Waals surface area (Å²) < 4.78 is 5.52. The minimum absolute atomic E-state index is 0.102. The quantitative estimate of drug-likeness (QED) is 0.836. The summed E-state index contributed by atoms with van der Waals surface area (Å²) in [6.45, 7) is 3.95. The predicted molar refractivity (Wildman–Crippen MR) is 67.0 cm³/mol. The third-order valence-corrected chi connectivity index (χ3v) is 2.72. The summed E-state index contributed by atoms with van der Waals surface area (Å²) in [5.41, 5.74) is 5.92. The largest absolute Gasteiger partial charge is 0.491 e. The standard InChI is InChI=1S/C13H18N2O2/c1-9(2)17-11-5-3-10(4-6-11)15-12(16)13(14)7-8-13/h3-6,9H,7-8,14H2,1-2H3,(H,15,16). The van der Waals surface area contributed by atoms with E-state index in [0.717, 1.165) is 24.3 Å². The van der Waals surface area contributed by atoms with Gasteiger partial charge in [-0.1, -0.05) is 0 Å². The summed E-state index contributed by atoms with van der Waals surface area (Å²) in [7, 11) is 0. The molecule has 92 valence electrons. The number of hydrogen-bond donors (Lipinski definition) is 2. The average molecular weight is 234 g/mol. The fraction of sp³-hybridized carbons (Fsp3) is 0.462. The van der Waals surface area contributed by atoms with Gasteiger partial charge in [-0.05, 0) is 51.0 Å². The topological polar surface area (TPSA) is 64.3 Å². The Morgan fingerprint density at radius 2 is 1.94 bits per heavy atom. The van der Waals surface area contributed by atoms with Crippen molar-refractivity contribution in [3.63, 3.8) is 0 Å². The number of carbonyl (C=O) groups is 1. The molecule has 0 radical (unpaired) electrons. The molecule has 2 rings (SSSR count). The lowest BCUT2D eigenvalue weighted by molar-refractivity contribution is -0.118. The monoisotopic (exact) mass is 234 g/mol. The number of amides is 1. The minimum Gasteiger partial charge on any atom is -0.491 e. The Balaban J connectivity index is 1.96. The van der Waals surface area contributed by atoms with Gasteiger partial charge in [-0.2, -0.15) is 0 Å². The maximum Gasteiger partial charge on any atom is 0.244 e. The van der Waals surface area contributed by atoms with Crippen LogP contribution in [0.4, 0.5) is 5.69 Å². The lowest BCUT2D eigenvalue weighted by Crippen LogP contribution is -2.37. The van der Waals surface area contributed by atoms with Crippen LogP contribution in [0.5, 0.6) is 5.75 Å². The third-order valence-electron chi connectivity index (χ3n) is 2.72. The van der Waals surface area contributed by atoms with Crippen molar-refractivity contribution < 1.29 is 9.53 Å². The summed E-state index contributed by atoms with van der Waals surface area (Å²) >= 11 is 0. The Hall–Kier alpha value is -1.55. The molecule has 17 heavy (non-hydrogen) atoms. The number of nitrogens with one attached hydrogen (secondary N) is 1. The second-order valence-corrected chi connectivity index (χ2v) is 4.80. The molecule has 0 spiro atoms. The third kappa shape index (κ3) is 2.97. The van der Waals surface area contributed by atoms with E-state index in [1.807, 2.05) is 38.1 Å². The molecule has 0 saturated heterocycles. The first kappa shape index (κ1) is 11.9. The Morgan fingerprint density at radius 3 is 2.41 bits per heavy atom. The van der Waals surface area contributed by atoms with E-state index in [9.17, 15) is 4.79 Å². The van der Waals surface area contributed by atoms with E-state index in [1.165, 1.54) is 0 Å². The van der Waals surface area contributed by atoms with E-state index < -0.39 is 5.54 Å². The summed E-state index contributed by atoms with van der Waals surface area (Å²) in [5, 5.41) is 2.81. The Morgan fingerprint density at radius 1 is 1.35 bits per heavy atom. The second kappa shape index (κ2) is 4.37.